The van der Waals surface area contributed by atoms with Gasteiger partial charge in [-0.25, -0.2) is 4.98 Å². The molecular formula is C15H20N4O. The fourth-order valence-electron chi connectivity index (χ4n) is 2.11. The number of hydrogen-bond acceptors (Lipinski definition) is 5. The predicted octanol–water partition coefficient (Wildman–Crippen LogP) is 2.18. The lowest BCUT2D eigenvalue weighted by Crippen LogP contribution is -2.23. The average Bonchev–Trinajstić information content (AvgIpc) is 2.47. The summed E-state index contributed by atoms with van der Waals surface area (Å²) >= 11 is 0. The number of likely N-dealkylation sites (N-methyl/N-ethyl adjacent to an activating group) is 1. The maximum Gasteiger partial charge on any atom is 0.221 e. The summed E-state index contributed by atoms with van der Waals surface area (Å²) in [6.45, 7) is 4.74. The lowest BCUT2D eigenvalue weighted by molar-refractivity contribution is 0.392. The van der Waals surface area contributed by atoms with E-state index < -0.39 is 0 Å². The quantitative estimate of drug-likeness (QED) is 0.835. The average molecular weight is 272 g/mol. The molecule has 0 fully saturated rings. The smallest absolute Gasteiger partial charge is 0.221 e. The Labute approximate surface area is 119 Å². The van der Waals surface area contributed by atoms with Crippen LogP contribution in [0, 0.1) is 13.8 Å². The van der Waals surface area contributed by atoms with Gasteiger partial charge in [-0.1, -0.05) is 0 Å². The standard InChI is InChI=1S/C15H20N4O/c1-11-14(17-12(2)18-15(11)20-4)19(3)10-7-13-5-8-16-9-6-13/h5-6,8-9H,7,10H2,1-4H3. The van der Waals surface area contributed by atoms with Crippen LogP contribution in [0.25, 0.3) is 0 Å². The lowest BCUT2D eigenvalue weighted by atomic mass is 10.2. The van der Waals surface area contributed by atoms with E-state index in [2.05, 4.69) is 19.9 Å². The summed E-state index contributed by atoms with van der Waals surface area (Å²) in [6, 6.07) is 4.07. The molecule has 0 unspecified atom stereocenters. The molecule has 0 aromatic carbocycles. The molecule has 0 aliphatic heterocycles. The minimum Gasteiger partial charge on any atom is -0.481 e. The van der Waals surface area contributed by atoms with Gasteiger partial charge in [0.05, 0.1) is 12.7 Å². The molecule has 0 spiro atoms. The van der Waals surface area contributed by atoms with Crippen LogP contribution in [-0.4, -0.2) is 35.7 Å². The molecule has 0 bridgehead atoms. The first-order valence-electron chi connectivity index (χ1n) is 6.61. The van der Waals surface area contributed by atoms with Crippen molar-refractivity contribution in [3.05, 3.63) is 41.5 Å². The Morgan fingerprint density at radius 1 is 1.15 bits per heavy atom. The van der Waals surface area contributed by atoms with E-state index in [4.69, 9.17) is 4.74 Å². The van der Waals surface area contributed by atoms with Crippen LogP contribution in [0.15, 0.2) is 24.5 Å². The van der Waals surface area contributed by atoms with E-state index in [9.17, 15) is 0 Å². The molecule has 2 heterocycles. The highest BCUT2D eigenvalue weighted by atomic mass is 16.5. The van der Waals surface area contributed by atoms with Crippen molar-refractivity contribution in [3.63, 3.8) is 0 Å². The van der Waals surface area contributed by atoms with Crippen LogP contribution >= 0.6 is 0 Å². The third-order valence-electron chi connectivity index (χ3n) is 3.23. The molecule has 2 rings (SSSR count). The van der Waals surface area contributed by atoms with Crippen LogP contribution in [0.3, 0.4) is 0 Å². The highest BCUT2D eigenvalue weighted by Gasteiger charge is 2.13. The van der Waals surface area contributed by atoms with Crippen LogP contribution in [-0.2, 0) is 6.42 Å². The van der Waals surface area contributed by atoms with Gasteiger partial charge in [-0.05, 0) is 38.0 Å². The van der Waals surface area contributed by atoms with Crippen molar-refractivity contribution in [2.45, 2.75) is 20.3 Å². The van der Waals surface area contributed by atoms with E-state index in [1.807, 2.05) is 45.4 Å². The number of anilines is 1. The van der Waals surface area contributed by atoms with Gasteiger partial charge in [-0.15, -0.1) is 0 Å². The van der Waals surface area contributed by atoms with Crippen molar-refractivity contribution in [3.8, 4) is 5.88 Å². The van der Waals surface area contributed by atoms with E-state index >= 15 is 0 Å². The highest BCUT2D eigenvalue weighted by Crippen LogP contribution is 2.24. The van der Waals surface area contributed by atoms with Crippen molar-refractivity contribution >= 4 is 5.82 Å². The molecular weight excluding hydrogens is 252 g/mol. The Kier molecular flexibility index (Phi) is 4.50. The van der Waals surface area contributed by atoms with Gasteiger partial charge in [-0.2, -0.15) is 4.98 Å². The van der Waals surface area contributed by atoms with Crippen molar-refractivity contribution in [1.29, 1.82) is 0 Å². The molecule has 2 aromatic rings. The molecule has 0 aliphatic carbocycles. The summed E-state index contributed by atoms with van der Waals surface area (Å²) in [5.74, 6) is 2.28. The monoisotopic (exact) mass is 272 g/mol. The Bertz CT molecular complexity index is 572. The van der Waals surface area contributed by atoms with E-state index in [0.29, 0.717) is 5.88 Å². The van der Waals surface area contributed by atoms with Crippen molar-refractivity contribution in [2.75, 3.05) is 25.6 Å². The molecule has 0 atom stereocenters. The fourth-order valence-corrected chi connectivity index (χ4v) is 2.11. The van der Waals surface area contributed by atoms with Crippen LogP contribution in [0.1, 0.15) is 17.0 Å². The normalized spacial score (nSPS) is 10.4. The molecule has 0 saturated carbocycles. The molecule has 2 aromatic heterocycles. The number of rotatable bonds is 5. The summed E-state index contributed by atoms with van der Waals surface area (Å²) in [7, 11) is 3.67. The first-order valence-corrected chi connectivity index (χ1v) is 6.61. The number of nitrogens with zero attached hydrogens (tertiary/aromatic N) is 4. The number of aromatic nitrogens is 3. The molecule has 20 heavy (non-hydrogen) atoms. The van der Waals surface area contributed by atoms with Crippen molar-refractivity contribution < 1.29 is 4.74 Å². The van der Waals surface area contributed by atoms with Gasteiger partial charge in [0.25, 0.3) is 0 Å². The van der Waals surface area contributed by atoms with E-state index in [1.165, 1.54) is 5.56 Å². The van der Waals surface area contributed by atoms with Gasteiger partial charge < -0.3 is 9.64 Å². The van der Waals surface area contributed by atoms with Crippen LogP contribution in [0.5, 0.6) is 5.88 Å². The SMILES string of the molecule is COc1nc(C)nc(N(C)CCc2ccncc2)c1C. The Morgan fingerprint density at radius 2 is 1.85 bits per heavy atom. The number of aryl methyl sites for hydroxylation is 1. The summed E-state index contributed by atoms with van der Waals surface area (Å²) in [4.78, 5) is 15.0. The van der Waals surface area contributed by atoms with Gasteiger partial charge in [0.1, 0.15) is 11.6 Å². The van der Waals surface area contributed by atoms with Gasteiger partial charge >= 0.3 is 0 Å². The molecule has 0 saturated heterocycles. The minimum atomic E-state index is 0.642. The number of pyridine rings is 1. The second kappa shape index (κ2) is 6.32. The summed E-state index contributed by atoms with van der Waals surface area (Å²) < 4.78 is 5.29. The van der Waals surface area contributed by atoms with E-state index in [0.717, 1.165) is 30.2 Å². The Hall–Kier alpha value is -2.17. The zero-order valence-electron chi connectivity index (χ0n) is 12.4. The lowest BCUT2D eigenvalue weighted by Gasteiger charge is -2.21. The molecule has 5 nitrogen and oxygen atoms in total. The molecule has 0 N–H and O–H groups in total. The first kappa shape index (κ1) is 14.2. The predicted molar refractivity (Wildman–Crippen MR) is 79.3 cm³/mol. The number of methoxy groups -OCH3 is 1. The van der Waals surface area contributed by atoms with Crippen molar-refractivity contribution in [2.24, 2.45) is 0 Å². The number of ether oxygens (including phenoxy) is 1. The van der Waals surface area contributed by atoms with Gasteiger partial charge in [0.2, 0.25) is 5.88 Å². The van der Waals surface area contributed by atoms with E-state index in [1.54, 1.807) is 7.11 Å². The summed E-state index contributed by atoms with van der Waals surface area (Å²) in [5, 5.41) is 0. The summed E-state index contributed by atoms with van der Waals surface area (Å²) in [6.07, 6.45) is 4.58. The molecule has 0 aliphatic rings. The highest BCUT2D eigenvalue weighted by molar-refractivity contribution is 5.50. The van der Waals surface area contributed by atoms with Crippen molar-refractivity contribution in [1.82, 2.24) is 15.0 Å². The Balaban J connectivity index is 2.13. The van der Waals surface area contributed by atoms with Gasteiger partial charge in [-0.3, -0.25) is 4.98 Å². The second-order valence-corrected chi connectivity index (χ2v) is 4.76. The molecule has 106 valence electrons. The fraction of sp³-hybridized carbons (Fsp3) is 0.400. The van der Waals surface area contributed by atoms with Crippen LogP contribution in [0.4, 0.5) is 5.82 Å². The first-order chi connectivity index (χ1) is 9.61. The number of hydrogen-bond donors (Lipinski definition) is 0. The van der Waals surface area contributed by atoms with Gasteiger partial charge in [0.15, 0.2) is 0 Å². The zero-order valence-corrected chi connectivity index (χ0v) is 12.4. The Morgan fingerprint density at radius 3 is 2.50 bits per heavy atom. The zero-order chi connectivity index (χ0) is 14.5. The second-order valence-electron chi connectivity index (χ2n) is 4.76. The summed E-state index contributed by atoms with van der Waals surface area (Å²) in [5.41, 5.74) is 2.23. The maximum absolute atomic E-state index is 5.29. The molecule has 0 amide bonds. The van der Waals surface area contributed by atoms with Crippen LogP contribution < -0.4 is 9.64 Å². The topological polar surface area (TPSA) is 51.1 Å². The third-order valence-corrected chi connectivity index (χ3v) is 3.23. The third kappa shape index (κ3) is 3.23. The maximum atomic E-state index is 5.29. The molecule has 5 heteroatoms. The van der Waals surface area contributed by atoms with Gasteiger partial charge in [0, 0.05) is 26.0 Å². The largest absolute Gasteiger partial charge is 0.481 e. The molecule has 0 radical (unpaired) electrons. The van der Waals surface area contributed by atoms with Crippen LogP contribution in [0.2, 0.25) is 0 Å². The van der Waals surface area contributed by atoms with E-state index in [-0.39, 0.29) is 0 Å². The minimum absolute atomic E-state index is 0.642.